The van der Waals surface area contributed by atoms with E-state index >= 15 is 0 Å². The Labute approximate surface area is 120 Å². The first-order valence-electron chi connectivity index (χ1n) is 6.87. The average molecular weight is 282 g/mol. The van der Waals surface area contributed by atoms with E-state index in [-0.39, 0.29) is 0 Å². The average Bonchev–Trinajstić information content (AvgIpc) is 2.46. The molecule has 0 saturated heterocycles. The Morgan fingerprint density at radius 3 is 2.50 bits per heavy atom. The van der Waals surface area contributed by atoms with Crippen LogP contribution in [0, 0.1) is 0 Å². The van der Waals surface area contributed by atoms with Gasteiger partial charge < -0.3 is 24.3 Å². The van der Waals surface area contributed by atoms with Gasteiger partial charge in [-0.1, -0.05) is 25.5 Å². The fraction of sp³-hybridized carbons (Fsp3) is 0.571. The summed E-state index contributed by atoms with van der Waals surface area (Å²) in [5.41, 5.74) is 1.20. The third-order valence-electron chi connectivity index (χ3n) is 2.86. The van der Waals surface area contributed by atoms with E-state index in [1.54, 1.807) is 12.1 Å². The normalized spacial score (nSPS) is 10.6. The highest BCUT2D eigenvalue weighted by Crippen LogP contribution is 2.10. The van der Waals surface area contributed by atoms with Crippen molar-refractivity contribution in [1.29, 1.82) is 0 Å². The van der Waals surface area contributed by atoms with Crippen LogP contribution in [0.5, 0.6) is 5.75 Å². The van der Waals surface area contributed by atoms with Crippen molar-refractivity contribution in [2.24, 2.45) is 0 Å². The monoisotopic (exact) mass is 282 g/mol. The number of unbranched alkanes of at least 4 members (excludes halogenated alkanes) is 1. The predicted molar refractivity (Wildman–Crippen MR) is 78.2 cm³/mol. The molecule has 0 aliphatic carbocycles. The van der Waals surface area contributed by atoms with E-state index in [9.17, 15) is 10.0 Å². The molecule has 0 amide bonds. The molecule has 2 N–H and O–H groups in total. The Hall–Kier alpha value is -1.08. The van der Waals surface area contributed by atoms with Crippen LogP contribution in [0.2, 0.25) is 0 Å². The lowest BCUT2D eigenvalue weighted by Crippen LogP contribution is -2.31. The second-order valence-corrected chi connectivity index (χ2v) is 4.47. The standard InChI is InChI=1S/C14H23BO5/c1-3-4-7-19-8-9-20-11-12-5-6-14(18-2)13(10-12)15(16)17/h5-6,10,16-17H,3-4,7-9,11H2,1-2H3. The Balaban J connectivity index is 2.35. The van der Waals surface area contributed by atoms with Crippen LogP contribution in [0.1, 0.15) is 25.3 Å². The maximum absolute atomic E-state index is 9.27. The first-order chi connectivity index (χ1) is 9.69. The maximum atomic E-state index is 9.27. The van der Waals surface area contributed by atoms with Crippen molar-refractivity contribution in [3.63, 3.8) is 0 Å². The molecule has 6 heteroatoms. The molecule has 0 aliphatic heterocycles. The molecule has 0 radical (unpaired) electrons. The van der Waals surface area contributed by atoms with Crippen LogP contribution < -0.4 is 10.2 Å². The fourth-order valence-corrected chi connectivity index (χ4v) is 1.73. The van der Waals surface area contributed by atoms with E-state index < -0.39 is 7.12 Å². The molecule has 1 aromatic rings. The molecule has 0 saturated carbocycles. The third kappa shape index (κ3) is 5.92. The van der Waals surface area contributed by atoms with Crippen molar-refractivity contribution in [2.45, 2.75) is 26.4 Å². The third-order valence-corrected chi connectivity index (χ3v) is 2.86. The van der Waals surface area contributed by atoms with Crippen LogP contribution in [-0.2, 0) is 16.1 Å². The van der Waals surface area contributed by atoms with Gasteiger partial charge in [0.05, 0.1) is 26.9 Å². The number of hydrogen-bond donors (Lipinski definition) is 2. The SMILES string of the molecule is CCCCOCCOCc1ccc(OC)c(B(O)O)c1. The topological polar surface area (TPSA) is 68.2 Å². The first kappa shape index (κ1) is 17.0. The van der Waals surface area contributed by atoms with Gasteiger partial charge in [-0.15, -0.1) is 0 Å². The molecule has 112 valence electrons. The number of methoxy groups -OCH3 is 1. The van der Waals surface area contributed by atoms with Gasteiger partial charge in [-0.05, 0) is 18.1 Å². The lowest BCUT2D eigenvalue weighted by atomic mass is 9.79. The van der Waals surface area contributed by atoms with Gasteiger partial charge in [-0.2, -0.15) is 0 Å². The number of rotatable bonds is 10. The van der Waals surface area contributed by atoms with Gasteiger partial charge >= 0.3 is 7.12 Å². The van der Waals surface area contributed by atoms with Crippen LogP contribution in [0.15, 0.2) is 18.2 Å². The second kappa shape index (κ2) is 9.77. The Morgan fingerprint density at radius 1 is 1.10 bits per heavy atom. The van der Waals surface area contributed by atoms with Gasteiger partial charge in [0, 0.05) is 12.1 Å². The van der Waals surface area contributed by atoms with Gasteiger partial charge in [-0.25, -0.2) is 0 Å². The summed E-state index contributed by atoms with van der Waals surface area (Å²) in [5, 5.41) is 18.5. The zero-order valence-electron chi connectivity index (χ0n) is 12.2. The molecule has 0 fully saturated rings. The quantitative estimate of drug-likeness (QED) is 0.488. The molecule has 0 aromatic heterocycles. The summed E-state index contributed by atoms with van der Waals surface area (Å²) in [6.07, 6.45) is 2.19. The number of benzene rings is 1. The van der Waals surface area contributed by atoms with Crippen molar-refractivity contribution in [2.75, 3.05) is 26.9 Å². The summed E-state index contributed by atoms with van der Waals surface area (Å²) < 4.78 is 15.9. The summed E-state index contributed by atoms with van der Waals surface area (Å²) >= 11 is 0. The Kier molecular flexibility index (Phi) is 8.29. The van der Waals surface area contributed by atoms with Crippen LogP contribution in [0.25, 0.3) is 0 Å². The predicted octanol–water partition coefficient (Wildman–Crippen LogP) is 0.708. The zero-order chi connectivity index (χ0) is 14.8. The Morgan fingerprint density at radius 2 is 1.85 bits per heavy atom. The fourth-order valence-electron chi connectivity index (χ4n) is 1.73. The van der Waals surface area contributed by atoms with Crippen molar-refractivity contribution >= 4 is 12.6 Å². The summed E-state index contributed by atoms with van der Waals surface area (Å²) in [5.74, 6) is 0.451. The summed E-state index contributed by atoms with van der Waals surface area (Å²) in [7, 11) is -0.0623. The van der Waals surface area contributed by atoms with E-state index in [0.29, 0.717) is 31.0 Å². The summed E-state index contributed by atoms with van der Waals surface area (Å²) in [4.78, 5) is 0. The van der Waals surface area contributed by atoms with Gasteiger partial charge in [0.1, 0.15) is 5.75 Å². The molecule has 1 aromatic carbocycles. The van der Waals surface area contributed by atoms with Crippen LogP contribution >= 0.6 is 0 Å². The van der Waals surface area contributed by atoms with Gasteiger partial charge in [-0.3, -0.25) is 0 Å². The van der Waals surface area contributed by atoms with Gasteiger partial charge in [0.15, 0.2) is 0 Å². The van der Waals surface area contributed by atoms with Crippen molar-refractivity contribution < 1.29 is 24.3 Å². The van der Waals surface area contributed by atoms with E-state index in [0.717, 1.165) is 25.0 Å². The van der Waals surface area contributed by atoms with Crippen molar-refractivity contribution in [1.82, 2.24) is 0 Å². The van der Waals surface area contributed by atoms with Crippen LogP contribution in [0.3, 0.4) is 0 Å². The molecule has 0 spiro atoms. The smallest absolute Gasteiger partial charge is 0.492 e. The van der Waals surface area contributed by atoms with Gasteiger partial charge in [0.2, 0.25) is 0 Å². The van der Waals surface area contributed by atoms with E-state index in [1.165, 1.54) is 7.11 Å². The van der Waals surface area contributed by atoms with Crippen molar-refractivity contribution in [3.8, 4) is 5.75 Å². The minimum absolute atomic E-state index is 0.341. The molecule has 20 heavy (non-hydrogen) atoms. The lowest BCUT2D eigenvalue weighted by Gasteiger charge is -2.10. The molecule has 0 bridgehead atoms. The summed E-state index contributed by atoms with van der Waals surface area (Å²) in [6, 6.07) is 5.20. The highest BCUT2D eigenvalue weighted by Gasteiger charge is 2.17. The Bertz CT molecular complexity index is 384. The molecule has 0 unspecified atom stereocenters. The largest absolute Gasteiger partial charge is 0.497 e. The molecule has 5 nitrogen and oxygen atoms in total. The molecule has 0 atom stereocenters. The van der Waals surface area contributed by atoms with E-state index in [1.807, 2.05) is 6.07 Å². The second-order valence-electron chi connectivity index (χ2n) is 4.47. The van der Waals surface area contributed by atoms with E-state index in [2.05, 4.69) is 6.92 Å². The minimum Gasteiger partial charge on any atom is -0.497 e. The molecule has 0 heterocycles. The molecular weight excluding hydrogens is 259 g/mol. The first-order valence-corrected chi connectivity index (χ1v) is 6.87. The van der Waals surface area contributed by atoms with Gasteiger partial charge in [0.25, 0.3) is 0 Å². The van der Waals surface area contributed by atoms with Crippen LogP contribution in [-0.4, -0.2) is 44.1 Å². The molecular formula is C14H23BO5. The summed E-state index contributed by atoms with van der Waals surface area (Å²) in [6.45, 7) is 4.39. The zero-order valence-corrected chi connectivity index (χ0v) is 12.2. The highest BCUT2D eigenvalue weighted by molar-refractivity contribution is 6.59. The lowest BCUT2D eigenvalue weighted by molar-refractivity contribution is 0.0397. The number of hydrogen-bond acceptors (Lipinski definition) is 5. The minimum atomic E-state index is -1.55. The molecule has 0 aliphatic rings. The highest BCUT2D eigenvalue weighted by atomic mass is 16.5. The maximum Gasteiger partial charge on any atom is 0.492 e. The van der Waals surface area contributed by atoms with Crippen molar-refractivity contribution in [3.05, 3.63) is 23.8 Å². The molecule has 1 rings (SSSR count). The van der Waals surface area contributed by atoms with E-state index in [4.69, 9.17) is 14.2 Å². The van der Waals surface area contributed by atoms with Crippen LogP contribution in [0.4, 0.5) is 0 Å². The number of ether oxygens (including phenoxy) is 3.